The molecule has 0 aliphatic carbocycles. The Morgan fingerprint density at radius 1 is 1.20 bits per heavy atom. The van der Waals surface area contributed by atoms with Gasteiger partial charge in [-0.05, 0) is 26.0 Å². The molecule has 4 heterocycles. The number of carbonyl (C=O) groups is 1. The number of fused-ring (bicyclic) bond motifs is 1. The smallest absolute Gasteiger partial charge is 0.253 e. The highest BCUT2D eigenvalue weighted by molar-refractivity contribution is 5.94. The van der Waals surface area contributed by atoms with Gasteiger partial charge in [0.1, 0.15) is 0 Å². The number of hydrogen-bond acceptors (Lipinski definition) is 6. The van der Waals surface area contributed by atoms with Gasteiger partial charge in [0.05, 0.1) is 11.1 Å². The van der Waals surface area contributed by atoms with Gasteiger partial charge in [-0.15, -0.1) is 0 Å². The van der Waals surface area contributed by atoms with E-state index in [-0.39, 0.29) is 17.2 Å². The minimum atomic E-state index is -0.332. The predicted octanol–water partition coefficient (Wildman–Crippen LogP) is 1.95. The van der Waals surface area contributed by atoms with Crippen LogP contribution in [0.1, 0.15) is 33.3 Å². The Kier molecular flexibility index (Phi) is 4.47. The third kappa shape index (κ3) is 3.11. The highest BCUT2D eigenvalue weighted by Crippen LogP contribution is 2.45. The van der Waals surface area contributed by atoms with Crippen LogP contribution in [0.5, 0.6) is 0 Å². The van der Waals surface area contributed by atoms with E-state index < -0.39 is 0 Å². The lowest BCUT2D eigenvalue weighted by molar-refractivity contribution is 0.0766. The molecule has 1 aromatic carbocycles. The topological polar surface area (TPSA) is 80.3 Å². The quantitative estimate of drug-likeness (QED) is 0.659. The molecule has 0 spiro atoms. The van der Waals surface area contributed by atoms with Gasteiger partial charge >= 0.3 is 0 Å². The van der Waals surface area contributed by atoms with Gasteiger partial charge in [-0.3, -0.25) is 14.4 Å². The van der Waals surface area contributed by atoms with Gasteiger partial charge in [0.15, 0.2) is 5.82 Å². The second kappa shape index (κ2) is 7.05. The summed E-state index contributed by atoms with van der Waals surface area (Å²) in [5.41, 5.74) is 2.67. The van der Waals surface area contributed by atoms with Crippen molar-refractivity contribution in [1.82, 2.24) is 29.7 Å². The van der Waals surface area contributed by atoms with Crippen LogP contribution in [-0.4, -0.2) is 61.8 Å². The van der Waals surface area contributed by atoms with Crippen molar-refractivity contribution in [2.24, 2.45) is 13.0 Å². The summed E-state index contributed by atoms with van der Waals surface area (Å²) in [4.78, 5) is 22.1. The highest BCUT2D eigenvalue weighted by atomic mass is 16.5. The van der Waals surface area contributed by atoms with E-state index in [4.69, 9.17) is 4.52 Å². The Morgan fingerprint density at radius 3 is 2.67 bits per heavy atom. The Balaban J connectivity index is 1.42. The van der Waals surface area contributed by atoms with E-state index in [0.29, 0.717) is 24.8 Å². The summed E-state index contributed by atoms with van der Waals surface area (Å²) in [6, 6.07) is 9.48. The summed E-state index contributed by atoms with van der Waals surface area (Å²) < 4.78 is 7.53. The molecule has 0 unspecified atom stereocenters. The van der Waals surface area contributed by atoms with Gasteiger partial charge in [0.2, 0.25) is 5.89 Å². The second-order valence-corrected chi connectivity index (χ2v) is 8.63. The van der Waals surface area contributed by atoms with Gasteiger partial charge in [0.25, 0.3) is 5.91 Å². The first-order chi connectivity index (χ1) is 14.4. The molecule has 2 aliphatic rings. The number of nitrogens with zero attached hydrogens (tertiary/aromatic N) is 6. The Bertz CT molecular complexity index is 1070. The first-order valence-corrected chi connectivity index (χ1v) is 10.3. The van der Waals surface area contributed by atoms with Gasteiger partial charge < -0.3 is 9.42 Å². The molecule has 2 aromatic heterocycles. The van der Waals surface area contributed by atoms with Gasteiger partial charge in [-0.2, -0.15) is 10.1 Å². The number of benzene rings is 1. The zero-order valence-corrected chi connectivity index (χ0v) is 17.6. The van der Waals surface area contributed by atoms with Crippen molar-refractivity contribution in [3.05, 3.63) is 65.1 Å². The molecule has 156 valence electrons. The van der Waals surface area contributed by atoms with Crippen LogP contribution in [0.15, 0.2) is 41.1 Å². The standard InChI is InChI=1S/C22H26N6O2/c1-15-18(9-26(3)24-15)10-27-11-19-12-28(20(29)17-7-5-4-6-8-17)14-22(19,13-27)21-23-16(2)25-30-21/h4-9,19H,10-14H2,1-3H3/t19-,22-/m0/s1. The summed E-state index contributed by atoms with van der Waals surface area (Å²) >= 11 is 0. The lowest BCUT2D eigenvalue weighted by Gasteiger charge is -2.26. The lowest BCUT2D eigenvalue weighted by atomic mass is 9.81. The van der Waals surface area contributed by atoms with Crippen molar-refractivity contribution >= 4 is 5.91 Å². The van der Waals surface area contributed by atoms with Gasteiger partial charge in [-0.1, -0.05) is 23.4 Å². The predicted molar refractivity (Wildman–Crippen MR) is 110 cm³/mol. The zero-order chi connectivity index (χ0) is 20.9. The van der Waals surface area contributed by atoms with Crippen molar-refractivity contribution in [3.63, 3.8) is 0 Å². The maximum Gasteiger partial charge on any atom is 0.253 e. The van der Waals surface area contributed by atoms with Crippen LogP contribution in [-0.2, 0) is 19.0 Å². The average molecular weight is 406 g/mol. The van der Waals surface area contributed by atoms with E-state index in [2.05, 4.69) is 26.3 Å². The molecule has 5 rings (SSSR count). The van der Waals surface area contributed by atoms with Crippen LogP contribution >= 0.6 is 0 Å². The SMILES string of the molecule is Cc1noc([C@]23CN(Cc4cn(C)nc4C)C[C@H]2CN(C(=O)c2ccccc2)C3)n1. The minimum absolute atomic E-state index is 0.0651. The fraction of sp³-hybridized carbons (Fsp3) is 0.455. The molecule has 2 atom stereocenters. The number of amides is 1. The molecule has 0 bridgehead atoms. The normalized spacial score (nSPS) is 23.8. The van der Waals surface area contributed by atoms with E-state index in [1.165, 1.54) is 5.56 Å². The third-order valence-electron chi connectivity index (χ3n) is 6.45. The fourth-order valence-electron chi connectivity index (χ4n) is 5.05. The van der Waals surface area contributed by atoms with Crippen LogP contribution in [0.3, 0.4) is 0 Å². The van der Waals surface area contributed by atoms with Crippen molar-refractivity contribution in [1.29, 1.82) is 0 Å². The van der Waals surface area contributed by atoms with Crippen molar-refractivity contribution in [2.45, 2.75) is 25.8 Å². The summed E-state index contributed by atoms with van der Waals surface area (Å²) in [6.07, 6.45) is 2.08. The molecule has 2 fully saturated rings. The Morgan fingerprint density at radius 2 is 2.00 bits per heavy atom. The molecule has 2 saturated heterocycles. The monoisotopic (exact) mass is 406 g/mol. The van der Waals surface area contributed by atoms with Crippen LogP contribution in [0.2, 0.25) is 0 Å². The lowest BCUT2D eigenvalue weighted by Crippen LogP contribution is -2.40. The average Bonchev–Trinajstić information content (AvgIpc) is 3.45. The van der Waals surface area contributed by atoms with Crippen molar-refractivity contribution in [3.8, 4) is 0 Å². The largest absolute Gasteiger partial charge is 0.339 e. The second-order valence-electron chi connectivity index (χ2n) is 8.63. The number of hydrogen-bond donors (Lipinski definition) is 0. The van der Waals surface area contributed by atoms with Crippen LogP contribution in [0, 0.1) is 19.8 Å². The van der Waals surface area contributed by atoms with Crippen molar-refractivity contribution < 1.29 is 9.32 Å². The third-order valence-corrected chi connectivity index (χ3v) is 6.45. The minimum Gasteiger partial charge on any atom is -0.339 e. The molecule has 0 radical (unpaired) electrons. The molecule has 0 N–H and O–H groups in total. The molecule has 2 aliphatic heterocycles. The highest BCUT2D eigenvalue weighted by Gasteiger charge is 2.57. The molecule has 3 aromatic rings. The molecule has 1 amide bonds. The Hall–Kier alpha value is -3.00. The van der Waals surface area contributed by atoms with Gasteiger partial charge in [-0.25, -0.2) is 0 Å². The first-order valence-electron chi connectivity index (χ1n) is 10.3. The van der Waals surface area contributed by atoms with Crippen LogP contribution in [0.4, 0.5) is 0 Å². The molecular formula is C22H26N6O2. The van der Waals surface area contributed by atoms with E-state index in [0.717, 1.165) is 30.9 Å². The van der Waals surface area contributed by atoms with E-state index in [1.807, 2.05) is 60.8 Å². The van der Waals surface area contributed by atoms with Crippen molar-refractivity contribution in [2.75, 3.05) is 26.2 Å². The van der Waals surface area contributed by atoms with E-state index >= 15 is 0 Å². The molecule has 30 heavy (non-hydrogen) atoms. The van der Waals surface area contributed by atoms with Crippen LogP contribution in [0.25, 0.3) is 0 Å². The van der Waals surface area contributed by atoms with Crippen LogP contribution < -0.4 is 0 Å². The number of aromatic nitrogens is 4. The van der Waals surface area contributed by atoms with E-state index in [1.54, 1.807) is 0 Å². The summed E-state index contributed by atoms with van der Waals surface area (Å²) in [5, 5.41) is 8.52. The summed E-state index contributed by atoms with van der Waals surface area (Å²) in [5.74, 6) is 1.60. The summed E-state index contributed by atoms with van der Waals surface area (Å²) in [6.45, 7) is 7.67. The summed E-state index contributed by atoms with van der Waals surface area (Å²) in [7, 11) is 1.95. The molecular weight excluding hydrogens is 380 g/mol. The number of rotatable bonds is 4. The van der Waals surface area contributed by atoms with E-state index in [9.17, 15) is 4.79 Å². The molecule has 8 nitrogen and oxygen atoms in total. The Labute approximate surface area is 175 Å². The zero-order valence-electron chi connectivity index (χ0n) is 17.6. The maximum absolute atomic E-state index is 13.1. The molecule has 8 heteroatoms. The number of aryl methyl sites for hydroxylation is 3. The first kappa shape index (κ1) is 19.0. The maximum atomic E-state index is 13.1. The van der Waals surface area contributed by atoms with Gasteiger partial charge in [0, 0.05) is 63.0 Å². The fourth-order valence-corrected chi connectivity index (χ4v) is 5.05. The number of carbonyl (C=O) groups excluding carboxylic acids is 1. The number of likely N-dealkylation sites (tertiary alicyclic amines) is 2. The molecule has 0 saturated carbocycles.